The third-order valence-corrected chi connectivity index (χ3v) is 6.81. The molecule has 0 bridgehead atoms. The fraction of sp³-hybridized carbons (Fsp3) is 0.533. The molecule has 0 saturated carbocycles. The number of carbonyl (C=O) groups excluding carboxylic acids is 1. The van der Waals surface area contributed by atoms with Crippen LogP contribution in [0, 0.1) is 0 Å². The highest BCUT2D eigenvalue weighted by Crippen LogP contribution is 2.29. The summed E-state index contributed by atoms with van der Waals surface area (Å²) in [6, 6.07) is 5.15. The number of carbonyl (C=O) groups is 1. The quantitative estimate of drug-likeness (QED) is 0.831. The Labute approximate surface area is 149 Å². The Morgan fingerprint density at radius 1 is 1.32 bits per heavy atom. The van der Waals surface area contributed by atoms with Crippen LogP contribution in [0.5, 0.6) is 0 Å². The van der Waals surface area contributed by atoms with Gasteiger partial charge in [-0.1, -0.05) is 26.0 Å². The summed E-state index contributed by atoms with van der Waals surface area (Å²) in [6.45, 7) is 2.47. The van der Waals surface area contributed by atoms with Gasteiger partial charge in [0.1, 0.15) is 12.6 Å². The van der Waals surface area contributed by atoms with Crippen LogP contribution >= 0.6 is 11.8 Å². The zero-order chi connectivity index (χ0) is 18.8. The number of hydrogen-bond donors (Lipinski definition) is 1. The Morgan fingerprint density at radius 3 is 2.44 bits per heavy atom. The maximum Gasteiger partial charge on any atom is 0.405 e. The highest BCUT2D eigenvalue weighted by atomic mass is 32.2. The summed E-state index contributed by atoms with van der Waals surface area (Å²) in [5.41, 5.74) is 0.967. The molecule has 1 fully saturated rings. The molecule has 1 atom stereocenters. The van der Waals surface area contributed by atoms with Crippen molar-refractivity contribution < 1.29 is 26.4 Å². The zero-order valence-corrected chi connectivity index (χ0v) is 15.3. The van der Waals surface area contributed by atoms with Crippen LogP contribution < -0.4 is 5.32 Å². The Hall–Kier alpha value is -1.26. The lowest BCUT2D eigenvalue weighted by atomic mass is 10.0. The van der Waals surface area contributed by atoms with Gasteiger partial charge in [0.05, 0.1) is 10.8 Å². The van der Waals surface area contributed by atoms with E-state index in [1.165, 1.54) is 23.9 Å². The summed E-state index contributed by atoms with van der Waals surface area (Å²) in [7, 11) is -3.96. The average molecular weight is 396 g/mol. The molecular formula is C15H19F3N2O3S2. The van der Waals surface area contributed by atoms with Gasteiger partial charge in [0.2, 0.25) is 15.9 Å². The molecule has 10 heteroatoms. The Balaban J connectivity index is 2.18. The van der Waals surface area contributed by atoms with E-state index in [1.54, 1.807) is 17.4 Å². The molecule has 0 aliphatic carbocycles. The van der Waals surface area contributed by atoms with Crippen LogP contribution in [0.4, 0.5) is 13.2 Å². The van der Waals surface area contributed by atoms with Gasteiger partial charge in [-0.3, -0.25) is 4.79 Å². The third kappa shape index (κ3) is 4.89. The van der Waals surface area contributed by atoms with Crippen molar-refractivity contribution in [2.24, 2.45) is 0 Å². The molecule has 1 saturated heterocycles. The van der Waals surface area contributed by atoms with Gasteiger partial charge < -0.3 is 5.32 Å². The van der Waals surface area contributed by atoms with Crippen molar-refractivity contribution in [2.45, 2.75) is 36.9 Å². The summed E-state index contributed by atoms with van der Waals surface area (Å²) in [5, 5.41) is 1.76. The van der Waals surface area contributed by atoms with E-state index < -0.39 is 34.7 Å². The zero-order valence-electron chi connectivity index (χ0n) is 13.7. The standard InChI is InChI=1S/C15H19F3N2O3S2/c1-10(2)11-3-5-12(6-4-11)25(22,23)20-9-24-7-13(20)14(21)19-8-15(16,17)18/h3-6,10,13H,7-9H2,1-2H3,(H,19,21)/t13-/m0/s1. The first-order chi connectivity index (χ1) is 11.5. The van der Waals surface area contributed by atoms with Crippen molar-refractivity contribution in [1.29, 1.82) is 0 Å². The van der Waals surface area contributed by atoms with Gasteiger partial charge in [-0.15, -0.1) is 11.8 Å². The Morgan fingerprint density at radius 2 is 1.92 bits per heavy atom. The van der Waals surface area contributed by atoms with Crippen LogP contribution in [-0.2, 0) is 14.8 Å². The van der Waals surface area contributed by atoms with E-state index in [1.807, 2.05) is 13.8 Å². The smallest absolute Gasteiger partial charge is 0.346 e. The highest BCUT2D eigenvalue weighted by Gasteiger charge is 2.41. The van der Waals surface area contributed by atoms with E-state index in [9.17, 15) is 26.4 Å². The van der Waals surface area contributed by atoms with Gasteiger partial charge >= 0.3 is 6.18 Å². The molecule has 0 spiro atoms. The lowest BCUT2D eigenvalue weighted by Crippen LogP contribution is -2.49. The first-order valence-corrected chi connectivity index (χ1v) is 10.2. The molecule has 2 rings (SSSR count). The third-order valence-electron chi connectivity index (χ3n) is 3.76. The number of sulfonamides is 1. The van der Waals surface area contributed by atoms with E-state index in [0.717, 1.165) is 9.87 Å². The van der Waals surface area contributed by atoms with Gasteiger partial charge in [-0.2, -0.15) is 17.5 Å². The van der Waals surface area contributed by atoms with Crippen LogP contribution in [0.1, 0.15) is 25.3 Å². The molecule has 1 aliphatic heterocycles. The van der Waals surface area contributed by atoms with E-state index in [2.05, 4.69) is 0 Å². The summed E-state index contributed by atoms with van der Waals surface area (Å²) in [6.07, 6.45) is -4.54. The number of alkyl halides is 3. The minimum Gasteiger partial charge on any atom is -0.346 e. The largest absolute Gasteiger partial charge is 0.405 e. The van der Waals surface area contributed by atoms with Crippen LogP contribution in [-0.4, -0.2) is 49.0 Å². The van der Waals surface area contributed by atoms with Crippen LogP contribution in [0.25, 0.3) is 0 Å². The number of rotatable bonds is 5. The number of amides is 1. The normalized spacial score (nSPS) is 19.4. The van der Waals surface area contributed by atoms with Crippen LogP contribution in [0.2, 0.25) is 0 Å². The monoisotopic (exact) mass is 396 g/mol. The second-order valence-corrected chi connectivity index (χ2v) is 8.85. The fourth-order valence-corrected chi connectivity index (χ4v) is 5.49. The first-order valence-electron chi connectivity index (χ1n) is 7.56. The van der Waals surface area contributed by atoms with Crippen LogP contribution in [0.15, 0.2) is 29.2 Å². The predicted molar refractivity (Wildman–Crippen MR) is 89.7 cm³/mol. The molecule has 0 aromatic heterocycles. The van der Waals surface area contributed by atoms with Crippen molar-refractivity contribution in [2.75, 3.05) is 18.2 Å². The molecule has 1 N–H and O–H groups in total. The minimum atomic E-state index is -4.54. The molecule has 5 nitrogen and oxygen atoms in total. The van der Waals surface area contributed by atoms with Gasteiger partial charge in [0.25, 0.3) is 0 Å². The van der Waals surface area contributed by atoms with Crippen molar-refractivity contribution >= 4 is 27.7 Å². The van der Waals surface area contributed by atoms with E-state index in [-0.39, 0.29) is 22.4 Å². The number of halogens is 3. The number of benzene rings is 1. The molecule has 0 radical (unpaired) electrons. The SMILES string of the molecule is CC(C)c1ccc(S(=O)(=O)N2CSC[C@H]2C(=O)NCC(F)(F)F)cc1. The topological polar surface area (TPSA) is 66.5 Å². The van der Waals surface area contributed by atoms with Crippen molar-refractivity contribution in [3.05, 3.63) is 29.8 Å². The van der Waals surface area contributed by atoms with Crippen LogP contribution in [0.3, 0.4) is 0 Å². The van der Waals surface area contributed by atoms with E-state index in [0.29, 0.717) is 0 Å². The summed E-state index contributed by atoms with van der Waals surface area (Å²) >= 11 is 1.19. The molecule has 1 heterocycles. The first kappa shape index (κ1) is 20.1. The molecule has 1 aliphatic rings. The van der Waals surface area contributed by atoms with Crippen molar-refractivity contribution in [3.63, 3.8) is 0 Å². The summed E-state index contributed by atoms with van der Waals surface area (Å²) < 4.78 is 63.2. The number of nitrogens with one attached hydrogen (secondary N) is 1. The predicted octanol–water partition coefficient (Wildman–Crippen LogP) is 2.55. The van der Waals surface area contributed by atoms with E-state index >= 15 is 0 Å². The Bertz CT molecular complexity index is 719. The lowest BCUT2D eigenvalue weighted by molar-refractivity contribution is -0.140. The van der Waals surface area contributed by atoms with Gasteiger partial charge in [-0.05, 0) is 23.6 Å². The number of hydrogen-bond acceptors (Lipinski definition) is 4. The molecular weight excluding hydrogens is 377 g/mol. The lowest BCUT2D eigenvalue weighted by Gasteiger charge is -2.23. The summed E-state index contributed by atoms with van der Waals surface area (Å²) in [4.78, 5) is 12.0. The Kier molecular flexibility index (Phi) is 6.05. The summed E-state index contributed by atoms with van der Waals surface area (Å²) in [5.74, 6) is -0.560. The molecule has 1 aromatic carbocycles. The minimum absolute atomic E-state index is 0.0213. The second kappa shape index (κ2) is 7.55. The molecule has 1 amide bonds. The van der Waals surface area contributed by atoms with E-state index in [4.69, 9.17) is 0 Å². The van der Waals surface area contributed by atoms with Crippen molar-refractivity contribution in [1.82, 2.24) is 9.62 Å². The fourth-order valence-electron chi connectivity index (χ4n) is 2.34. The van der Waals surface area contributed by atoms with Gasteiger partial charge in [0, 0.05) is 5.75 Å². The number of nitrogens with zero attached hydrogens (tertiary/aromatic N) is 1. The highest BCUT2D eigenvalue weighted by molar-refractivity contribution is 8.00. The number of thioether (sulfide) groups is 1. The average Bonchev–Trinajstić information content (AvgIpc) is 3.02. The molecule has 1 aromatic rings. The maximum absolute atomic E-state index is 12.7. The molecule has 25 heavy (non-hydrogen) atoms. The molecule has 0 unspecified atom stereocenters. The maximum atomic E-state index is 12.7. The second-order valence-electron chi connectivity index (χ2n) is 5.96. The van der Waals surface area contributed by atoms with Gasteiger partial charge in [-0.25, -0.2) is 8.42 Å². The molecule has 140 valence electrons. The van der Waals surface area contributed by atoms with Gasteiger partial charge in [0.15, 0.2) is 0 Å². The van der Waals surface area contributed by atoms with Crippen molar-refractivity contribution in [3.8, 4) is 0 Å².